The van der Waals surface area contributed by atoms with Crippen molar-refractivity contribution in [3.05, 3.63) is 0 Å². The smallest absolute Gasteiger partial charge is 1.00 e. The molecule has 0 rings (SSSR count). The number of nitrogens with zero attached hydrogens (tertiary/aromatic N) is 1. The number of quaternary nitrogens is 1. The Bertz CT molecular complexity index is 295. The van der Waals surface area contributed by atoms with Crippen molar-refractivity contribution in [2.24, 2.45) is 5.41 Å². The molecule has 0 aromatic carbocycles. The maximum absolute atomic E-state index is 11.6. The number of carboxylic acid groups (broad SMARTS) is 1. The minimum Gasteiger partial charge on any atom is -1.00 e. The van der Waals surface area contributed by atoms with E-state index in [9.17, 15) is 14.7 Å². The van der Waals surface area contributed by atoms with Crippen LogP contribution in [-0.2, 0) is 14.3 Å². The third-order valence-corrected chi connectivity index (χ3v) is 2.92. The largest absolute Gasteiger partial charge is 1.00 e. The van der Waals surface area contributed by atoms with Crippen LogP contribution in [0.15, 0.2) is 0 Å². The monoisotopic (exact) mass is 319 g/mol. The molecule has 19 heavy (non-hydrogen) atoms. The molecule has 0 amide bonds. The Morgan fingerprint density at radius 2 is 1.74 bits per heavy atom. The Labute approximate surface area is 164 Å². The number of aliphatic carboxylic acids is 1. The number of hydrogen-bond donors (Lipinski definition) is 0. The number of halogens is 1. The van der Waals surface area contributed by atoms with Crippen LogP contribution >= 0.6 is 0 Å². The number of carbonyl (C=O) groups is 2. The fourth-order valence-corrected chi connectivity index (χ4v) is 1.15. The molecule has 7 heteroatoms. The predicted molar refractivity (Wildman–Crippen MR) is 61.9 cm³/mol. The molecule has 0 saturated carbocycles. The van der Waals surface area contributed by atoms with Crippen molar-refractivity contribution < 1.29 is 87.7 Å². The van der Waals surface area contributed by atoms with Crippen LogP contribution in [0.1, 0.15) is 27.2 Å². The van der Waals surface area contributed by atoms with E-state index in [1.165, 1.54) is 0 Å². The summed E-state index contributed by atoms with van der Waals surface area (Å²) >= 11 is 0. The normalized spacial score (nSPS) is 11.0. The molecule has 0 radical (unpaired) electrons. The van der Waals surface area contributed by atoms with Crippen LogP contribution in [0.4, 0.5) is 0 Å². The van der Waals surface area contributed by atoms with Crippen molar-refractivity contribution in [2.45, 2.75) is 27.2 Å². The van der Waals surface area contributed by atoms with Gasteiger partial charge in [0.1, 0.15) is 19.7 Å². The van der Waals surface area contributed by atoms with Crippen molar-refractivity contribution >= 4 is 11.9 Å². The molecule has 0 fully saturated rings. The van der Waals surface area contributed by atoms with Crippen LogP contribution < -0.4 is 68.9 Å². The fraction of sp³-hybridized carbons (Fsp3) is 0.833. The zero-order valence-corrected chi connectivity index (χ0v) is 16.7. The van der Waals surface area contributed by atoms with E-state index in [1.54, 1.807) is 14.1 Å². The first-order chi connectivity index (χ1) is 7.60. The summed E-state index contributed by atoms with van der Waals surface area (Å²) in [4.78, 5) is 22.1. The van der Waals surface area contributed by atoms with Gasteiger partial charge in [0.15, 0.2) is 0 Å². The van der Waals surface area contributed by atoms with Gasteiger partial charge in [0.2, 0.25) is 0 Å². The number of hydrogen-bond acceptors (Lipinski definition) is 4. The van der Waals surface area contributed by atoms with Crippen molar-refractivity contribution in [1.82, 2.24) is 0 Å². The molecule has 0 saturated heterocycles. The second-order valence-electron chi connectivity index (χ2n) is 5.56. The zero-order chi connectivity index (χ0) is 13.7. The SMILES string of the molecule is CCC(C)(C)C(=O)OCC[N+](C)(C)CC(=O)[O-].[Cl-].[K+]. The predicted octanol–water partition coefficient (Wildman–Crippen LogP) is -6.20. The summed E-state index contributed by atoms with van der Waals surface area (Å²) < 4.78 is 5.39. The molecule has 108 valence electrons. The number of esters is 1. The molecule has 0 atom stereocenters. The molecule has 0 heterocycles. The van der Waals surface area contributed by atoms with E-state index in [-0.39, 0.29) is 87.4 Å². The van der Waals surface area contributed by atoms with Crippen molar-refractivity contribution in [3.8, 4) is 0 Å². The first-order valence-electron chi connectivity index (χ1n) is 5.80. The topological polar surface area (TPSA) is 66.4 Å². The number of carbonyl (C=O) groups excluding carboxylic acids is 2. The Hall–Kier alpha value is 0.826. The Morgan fingerprint density at radius 3 is 2.11 bits per heavy atom. The van der Waals surface area contributed by atoms with Gasteiger partial charge in [-0.25, -0.2) is 0 Å². The van der Waals surface area contributed by atoms with E-state index in [1.807, 2.05) is 20.8 Å². The fourth-order valence-electron chi connectivity index (χ4n) is 1.15. The third kappa shape index (κ3) is 11.2. The van der Waals surface area contributed by atoms with Crippen LogP contribution in [0.2, 0.25) is 0 Å². The molecule has 0 aliphatic rings. The summed E-state index contributed by atoms with van der Waals surface area (Å²) in [5, 5.41) is 10.5. The second-order valence-corrected chi connectivity index (χ2v) is 5.56. The molecule has 0 unspecified atom stereocenters. The molecule has 5 nitrogen and oxygen atoms in total. The third-order valence-electron chi connectivity index (χ3n) is 2.92. The first kappa shape index (κ1) is 24.8. The summed E-state index contributed by atoms with van der Waals surface area (Å²) in [5.74, 6) is -1.34. The average Bonchev–Trinajstić information content (AvgIpc) is 2.15. The molecule has 0 aromatic rings. The molecule has 0 spiro atoms. The van der Waals surface area contributed by atoms with Gasteiger partial charge in [-0.05, 0) is 20.3 Å². The number of ether oxygens (including phenoxy) is 1. The van der Waals surface area contributed by atoms with E-state index < -0.39 is 11.4 Å². The summed E-state index contributed by atoms with van der Waals surface area (Å²) in [6.07, 6.45) is 0.711. The van der Waals surface area contributed by atoms with Gasteiger partial charge in [0.05, 0.1) is 25.5 Å². The van der Waals surface area contributed by atoms with Crippen molar-refractivity contribution in [3.63, 3.8) is 0 Å². The summed E-state index contributed by atoms with van der Waals surface area (Å²) in [6, 6.07) is 0. The van der Waals surface area contributed by atoms with Crippen molar-refractivity contribution in [1.29, 1.82) is 0 Å². The second kappa shape index (κ2) is 10.5. The van der Waals surface area contributed by atoms with Gasteiger partial charge >= 0.3 is 57.4 Å². The van der Waals surface area contributed by atoms with E-state index in [0.29, 0.717) is 13.0 Å². The number of likely N-dealkylation sites (N-methyl/N-ethyl adjacent to an activating group) is 1. The molecule has 0 N–H and O–H groups in total. The van der Waals surface area contributed by atoms with E-state index >= 15 is 0 Å². The van der Waals surface area contributed by atoms with Gasteiger partial charge < -0.3 is 31.5 Å². The molecule has 0 aliphatic heterocycles. The van der Waals surface area contributed by atoms with Gasteiger partial charge in [-0.3, -0.25) is 4.79 Å². The Kier molecular flexibility index (Phi) is 13.8. The van der Waals surface area contributed by atoms with Gasteiger partial charge in [0, 0.05) is 0 Å². The summed E-state index contributed by atoms with van der Waals surface area (Å²) in [5.41, 5.74) is -0.481. The van der Waals surface area contributed by atoms with Gasteiger partial charge in [-0.15, -0.1) is 0 Å². The molecule has 0 aliphatic carbocycles. The maximum Gasteiger partial charge on any atom is 1.00 e. The quantitative estimate of drug-likeness (QED) is 0.266. The average molecular weight is 320 g/mol. The molecule has 0 bridgehead atoms. The van der Waals surface area contributed by atoms with Crippen LogP contribution in [0, 0.1) is 5.41 Å². The number of rotatable bonds is 7. The number of carboxylic acids is 1. The zero-order valence-electron chi connectivity index (χ0n) is 12.8. The van der Waals surface area contributed by atoms with Crippen molar-refractivity contribution in [2.75, 3.05) is 33.8 Å². The van der Waals surface area contributed by atoms with Gasteiger partial charge in [0.25, 0.3) is 0 Å². The minimum atomic E-state index is -1.10. The van der Waals surface area contributed by atoms with Crippen LogP contribution in [0.5, 0.6) is 0 Å². The van der Waals surface area contributed by atoms with Gasteiger partial charge in [-0.1, -0.05) is 6.92 Å². The Balaban J connectivity index is -0.00000128. The van der Waals surface area contributed by atoms with Crippen LogP contribution in [0.3, 0.4) is 0 Å². The van der Waals surface area contributed by atoms with Crippen LogP contribution in [0.25, 0.3) is 0 Å². The molecular weight excluding hydrogens is 297 g/mol. The maximum atomic E-state index is 11.6. The first-order valence-corrected chi connectivity index (χ1v) is 5.80. The van der Waals surface area contributed by atoms with Crippen LogP contribution in [-0.4, -0.2) is 50.2 Å². The van der Waals surface area contributed by atoms with Gasteiger partial charge in [-0.2, -0.15) is 0 Å². The molecule has 0 aromatic heterocycles. The standard InChI is InChI=1S/C12H23NO4.ClH.K/c1-6-12(2,3)11(16)17-8-7-13(4,5)9-10(14)15;;/h6-9H2,1-5H3;1H;/q;;+1/p-1. The summed E-state index contributed by atoms with van der Waals surface area (Å²) in [7, 11) is 3.52. The Morgan fingerprint density at radius 1 is 1.26 bits per heavy atom. The van der Waals surface area contributed by atoms with E-state index in [2.05, 4.69) is 0 Å². The molecular formula is C12H23ClKNO4. The van der Waals surface area contributed by atoms with E-state index in [0.717, 1.165) is 0 Å². The minimum absolute atomic E-state index is 0. The van der Waals surface area contributed by atoms with E-state index in [4.69, 9.17) is 4.74 Å². The summed E-state index contributed by atoms with van der Waals surface area (Å²) in [6.45, 7) is 6.18.